The summed E-state index contributed by atoms with van der Waals surface area (Å²) in [5.74, 6) is 0.528. The van der Waals surface area contributed by atoms with E-state index in [2.05, 4.69) is 0 Å². The minimum atomic E-state index is -0.173. The van der Waals surface area contributed by atoms with E-state index in [0.29, 0.717) is 12.0 Å². The Morgan fingerprint density at radius 3 is 2.79 bits per heavy atom. The maximum atomic E-state index is 13.0. The van der Waals surface area contributed by atoms with Crippen molar-refractivity contribution in [1.82, 2.24) is 0 Å². The zero-order valence-corrected chi connectivity index (χ0v) is 11.9. The van der Waals surface area contributed by atoms with Crippen molar-refractivity contribution in [3.8, 4) is 0 Å². The Hall–Kier alpha value is -0.930. The molecule has 1 aliphatic carbocycles. The van der Waals surface area contributed by atoms with Crippen molar-refractivity contribution < 1.29 is 9.13 Å². The summed E-state index contributed by atoms with van der Waals surface area (Å²) < 4.78 is 18.6. The molecule has 1 saturated carbocycles. The highest BCUT2D eigenvalue weighted by Gasteiger charge is 2.30. The topological polar surface area (TPSA) is 35.2 Å². The van der Waals surface area contributed by atoms with Gasteiger partial charge in [-0.15, -0.1) is 0 Å². The fraction of sp³-hybridized carbons (Fsp3) is 0.625. The van der Waals surface area contributed by atoms with Gasteiger partial charge < -0.3 is 10.5 Å². The van der Waals surface area contributed by atoms with Crippen LogP contribution in [0.3, 0.4) is 0 Å². The van der Waals surface area contributed by atoms with Crippen LogP contribution in [0.2, 0.25) is 0 Å². The number of benzene rings is 1. The quantitative estimate of drug-likeness (QED) is 0.857. The van der Waals surface area contributed by atoms with Crippen molar-refractivity contribution in [2.75, 3.05) is 6.61 Å². The standard InChI is InChI=1S/C16H24FNO/c1-3-19-16-8-12(9-16)7-15(18)10-13-4-5-14(17)6-11(13)2/h4-6,12,15-16H,3,7-10,18H2,1-2H3. The Labute approximate surface area is 115 Å². The zero-order chi connectivity index (χ0) is 13.8. The predicted octanol–water partition coefficient (Wildman–Crippen LogP) is 3.21. The number of rotatable bonds is 6. The normalized spacial score (nSPS) is 24.0. The van der Waals surface area contributed by atoms with E-state index in [0.717, 1.165) is 43.4 Å². The highest BCUT2D eigenvalue weighted by molar-refractivity contribution is 5.27. The van der Waals surface area contributed by atoms with Crippen molar-refractivity contribution in [3.63, 3.8) is 0 Å². The summed E-state index contributed by atoms with van der Waals surface area (Å²) in [6.45, 7) is 4.79. The van der Waals surface area contributed by atoms with Gasteiger partial charge in [0.2, 0.25) is 0 Å². The highest BCUT2D eigenvalue weighted by Crippen LogP contribution is 2.33. The van der Waals surface area contributed by atoms with Gasteiger partial charge in [-0.3, -0.25) is 0 Å². The number of nitrogens with two attached hydrogens (primary N) is 1. The highest BCUT2D eigenvalue weighted by atomic mass is 19.1. The molecule has 0 aliphatic heterocycles. The van der Waals surface area contributed by atoms with Crippen LogP contribution in [0.1, 0.15) is 37.3 Å². The fourth-order valence-corrected chi connectivity index (χ4v) is 2.92. The van der Waals surface area contributed by atoms with Gasteiger partial charge in [-0.1, -0.05) is 6.07 Å². The molecule has 0 heterocycles. The van der Waals surface area contributed by atoms with E-state index in [1.165, 1.54) is 6.07 Å². The van der Waals surface area contributed by atoms with Crippen LogP contribution < -0.4 is 5.73 Å². The van der Waals surface area contributed by atoms with Crippen LogP contribution in [0.4, 0.5) is 4.39 Å². The van der Waals surface area contributed by atoms with Gasteiger partial charge in [0.15, 0.2) is 0 Å². The molecule has 0 bridgehead atoms. The summed E-state index contributed by atoms with van der Waals surface area (Å²) in [6, 6.07) is 5.12. The Morgan fingerprint density at radius 1 is 1.42 bits per heavy atom. The Kier molecular flexibility index (Phi) is 4.94. The smallest absolute Gasteiger partial charge is 0.123 e. The number of ether oxygens (including phenoxy) is 1. The van der Waals surface area contributed by atoms with E-state index < -0.39 is 0 Å². The maximum Gasteiger partial charge on any atom is 0.123 e. The summed E-state index contributed by atoms with van der Waals surface area (Å²) in [5, 5.41) is 0. The molecule has 2 N–H and O–H groups in total. The molecule has 0 aromatic heterocycles. The summed E-state index contributed by atoms with van der Waals surface area (Å²) in [4.78, 5) is 0. The molecule has 1 aliphatic rings. The Morgan fingerprint density at radius 2 is 2.16 bits per heavy atom. The summed E-state index contributed by atoms with van der Waals surface area (Å²) >= 11 is 0. The van der Waals surface area contributed by atoms with Gasteiger partial charge in [0, 0.05) is 12.6 Å². The molecule has 0 amide bonds. The van der Waals surface area contributed by atoms with Crippen molar-refractivity contribution >= 4 is 0 Å². The minimum Gasteiger partial charge on any atom is -0.378 e. The van der Waals surface area contributed by atoms with E-state index in [1.807, 2.05) is 19.9 Å². The molecule has 1 aromatic carbocycles. The molecule has 2 rings (SSSR count). The van der Waals surface area contributed by atoms with E-state index in [4.69, 9.17) is 10.5 Å². The third-order valence-corrected chi connectivity index (χ3v) is 4.02. The molecular weight excluding hydrogens is 241 g/mol. The number of hydrogen-bond acceptors (Lipinski definition) is 2. The van der Waals surface area contributed by atoms with Gasteiger partial charge >= 0.3 is 0 Å². The first-order valence-electron chi connectivity index (χ1n) is 7.20. The van der Waals surface area contributed by atoms with E-state index in [1.54, 1.807) is 6.07 Å². The lowest BCUT2D eigenvalue weighted by atomic mass is 9.77. The first-order valence-corrected chi connectivity index (χ1v) is 7.20. The molecule has 1 unspecified atom stereocenters. The molecule has 106 valence electrons. The van der Waals surface area contributed by atoms with Crippen molar-refractivity contribution in [2.24, 2.45) is 11.7 Å². The predicted molar refractivity (Wildman–Crippen MR) is 75.6 cm³/mol. The maximum absolute atomic E-state index is 13.0. The first-order chi connectivity index (χ1) is 9.08. The average molecular weight is 265 g/mol. The Bertz CT molecular complexity index is 415. The fourth-order valence-electron chi connectivity index (χ4n) is 2.92. The molecular formula is C16H24FNO. The lowest BCUT2D eigenvalue weighted by Crippen LogP contribution is -2.36. The Balaban J connectivity index is 1.77. The number of hydrogen-bond donors (Lipinski definition) is 1. The van der Waals surface area contributed by atoms with Crippen LogP contribution in [0.25, 0.3) is 0 Å². The lowest BCUT2D eigenvalue weighted by Gasteiger charge is -2.36. The third kappa shape index (κ3) is 4.02. The van der Waals surface area contributed by atoms with Gasteiger partial charge in [0.1, 0.15) is 5.82 Å². The minimum absolute atomic E-state index is 0.164. The molecule has 1 fully saturated rings. The lowest BCUT2D eigenvalue weighted by molar-refractivity contribution is -0.0280. The van der Waals surface area contributed by atoms with Crippen LogP contribution in [0.5, 0.6) is 0 Å². The van der Waals surface area contributed by atoms with Crippen molar-refractivity contribution in [2.45, 2.75) is 51.7 Å². The largest absolute Gasteiger partial charge is 0.378 e. The van der Waals surface area contributed by atoms with Gasteiger partial charge in [-0.05, 0) is 68.7 Å². The molecule has 0 spiro atoms. The van der Waals surface area contributed by atoms with Crippen LogP contribution in [-0.4, -0.2) is 18.8 Å². The number of aryl methyl sites for hydroxylation is 1. The van der Waals surface area contributed by atoms with Crippen LogP contribution in [0, 0.1) is 18.7 Å². The second kappa shape index (κ2) is 6.49. The van der Waals surface area contributed by atoms with E-state index >= 15 is 0 Å². The molecule has 1 aromatic rings. The third-order valence-electron chi connectivity index (χ3n) is 4.02. The first kappa shape index (κ1) is 14.5. The summed E-state index contributed by atoms with van der Waals surface area (Å²) in [7, 11) is 0. The van der Waals surface area contributed by atoms with Crippen LogP contribution in [0.15, 0.2) is 18.2 Å². The van der Waals surface area contributed by atoms with Crippen molar-refractivity contribution in [1.29, 1.82) is 0 Å². The van der Waals surface area contributed by atoms with Gasteiger partial charge in [-0.2, -0.15) is 0 Å². The molecule has 0 radical (unpaired) electrons. The molecule has 0 saturated heterocycles. The second-order valence-electron chi connectivity index (χ2n) is 5.69. The summed E-state index contributed by atoms with van der Waals surface area (Å²) in [6.07, 6.45) is 4.62. The van der Waals surface area contributed by atoms with E-state index in [9.17, 15) is 4.39 Å². The second-order valence-corrected chi connectivity index (χ2v) is 5.69. The van der Waals surface area contributed by atoms with Gasteiger partial charge in [0.25, 0.3) is 0 Å². The van der Waals surface area contributed by atoms with Crippen molar-refractivity contribution in [3.05, 3.63) is 35.1 Å². The molecule has 1 atom stereocenters. The van der Waals surface area contributed by atoms with Gasteiger partial charge in [-0.25, -0.2) is 4.39 Å². The van der Waals surface area contributed by atoms with Crippen LogP contribution in [-0.2, 0) is 11.2 Å². The molecule has 3 heteroatoms. The average Bonchev–Trinajstić information content (AvgIpc) is 2.30. The SMILES string of the molecule is CCOC1CC(CC(N)Cc2ccc(F)cc2C)C1. The van der Waals surface area contributed by atoms with Gasteiger partial charge in [0.05, 0.1) is 6.10 Å². The molecule has 2 nitrogen and oxygen atoms in total. The van der Waals surface area contributed by atoms with E-state index in [-0.39, 0.29) is 11.9 Å². The summed E-state index contributed by atoms with van der Waals surface area (Å²) in [5.41, 5.74) is 8.37. The zero-order valence-electron chi connectivity index (χ0n) is 11.9. The number of halogens is 1. The molecule has 19 heavy (non-hydrogen) atoms. The monoisotopic (exact) mass is 265 g/mol. The van der Waals surface area contributed by atoms with Crippen LogP contribution >= 0.6 is 0 Å².